The van der Waals surface area contributed by atoms with E-state index in [1.807, 2.05) is 0 Å². The number of carbonyl (C=O) groups is 2. The number of nitrogens with two attached hydrogens (primary N) is 1. The molecular weight excluding hydrogens is 256 g/mol. The lowest BCUT2D eigenvalue weighted by molar-refractivity contribution is -0.137. The van der Waals surface area contributed by atoms with E-state index in [1.54, 1.807) is 0 Å². The first kappa shape index (κ1) is 13.9. The lowest BCUT2D eigenvalue weighted by Gasteiger charge is -2.15. The minimum atomic E-state index is -1.12. The van der Waals surface area contributed by atoms with Crippen molar-refractivity contribution in [3.63, 3.8) is 0 Å². The van der Waals surface area contributed by atoms with Crippen molar-refractivity contribution in [1.29, 1.82) is 0 Å². The maximum atomic E-state index is 11.2. The number of anilines is 1. The number of hydrogen-bond acceptors (Lipinski definition) is 3. The van der Waals surface area contributed by atoms with E-state index in [4.69, 9.17) is 28.9 Å². The molecule has 0 radical (unpaired) electrons. The number of benzene rings is 1. The SMILES string of the molecule is C#CCC(Nc1cc(Cl)ccc1C(N)=O)C(=O)O. The highest BCUT2D eigenvalue weighted by atomic mass is 35.5. The molecule has 1 amide bonds. The molecule has 4 N–H and O–H groups in total. The van der Waals surface area contributed by atoms with E-state index in [1.165, 1.54) is 18.2 Å². The van der Waals surface area contributed by atoms with Crippen LogP contribution in [0.15, 0.2) is 18.2 Å². The van der Waals surface area contributed by atoms with Crippen LogP contribution in [0.3, 0.4) is 0 Å². The third kappa shape index (κ3) is 3.40. The number of carbonyl (C=O) groups excluding carboxylic acids is 1. The fraction of sp³-hybridized carbons (Fsp3) is 0.167. The first-order valence-corrected chi connectivity index (χ1v) is 5.35. The summed E-state index contributed by atoms with van der Waals surface area (Å²) in [4.78, 5) is 22.1. The van der Waals surface area contributed by atoms with Crippen LogP contribution in [0.4, 0.5) is 5.69 Å². The van der Waals surface area contributed by atoms with Gasteiger partial charge in [0.1, 0.15) is 6.04 Å². The smallest absolute Gasteiger partial charge is 0.327 e. The van der Waals surface area contributed by atoms with Crippen LogP contribution in [0.25, 0.3) is 0 Å². The average molecular weight is 267 g/mol. The summed E-state index contributed by atoms with van der Waals surface area (Å²) >= 11 is 5.78. The molecule has 1 rings (SSSR count). The van der Waals surface area contributed by atoms with Crippen molar-refractivity contribution in [3.05, 3.63) is 28.8 Å². The van der Waals surface area contributed by atoms with E-state index in [0.717, 1.165) is 0 Å². The Morgan fingerprint density at radius 3 is 2.72 bits per heavy atom. The molecule has 0 saturated heterocycles. The molecule has 94 valence electrons. The normalized spacial score (nSPS) is 11.3. The van der Waals surface area contributed by atoms with Gasteiger partial charge in [0.05, 0.1) is 5.56 Å². The van der Waals surface area contributed by atoms with Crippen molar-refractivity contribution in [2.45, 2.75) is 12.5 Å². The summed E-state index contributed by atoms with van der Waals surface area (Å²) < 4.78 is 0. The van der Waals surface area contributed by atoms with Gasteiger partial charge in [0.2, 0.25) is 0 Å². The number of carboxylic acids is 1. The van der Waals surface area contributed by atoms with Crippen LogP contribution in [-0.2, 0) is 4.79 Å². The Labute approximate surface area is 109 Å². The minimum Gasteiger partial charge on any atom is -0.480 e. The van der Waals surface area contributed by atoms with Crippen molar-refractivity contribution >= 4 is 29.2 Å². The van der Waals surface area contributed by atoms with Crippen molar-refractivity contribution in [2.75, 3.05) is 5.32 Å². The van der Waals surface area contributed by atoms with Gasteiger partial charge >= 0.3 is 5.97 Å². The summed E-state index contributed by atoms with van der Waals surface area (Å²) in [6, 6.07) is 3.33. The first-order chi connectivity index (χ1) is 8.45. The molecule has 1 aromatic carbocycles. The number of rotatable bonds is 5. The monoisotopic (exact) mass is 266 g/mol. The Bertz CT molecular complexity index is 523. The Hall–Kier alpha value is -2.19. The fourth-order valence-electron chi connectivity index (χ4n) is 1.36. The van der Waals surface area contributed by atoms with Gasteiger partial charge in [0, 0.05) is 17.1 Å². The average Bonchev–Trinajstić information content (AvgIpc) is 2.28. The van der Waals surface area contributed by atoms with Gasteiger partial charge < -0.3 is 16.2 Å². The molecule has 1 atom stereocenters. The van der Waals surface area contributed by atoms with Gasteiger partial charge in [-0.2, -0.15) is 0 Å². The standard InChI is InChI=1S/C12H11ClN2O3/c1-2-3-9(12(17)18)15-10-6-7(13)4-5-8(10)11(14)16/h1,4-6,9,15H,3H2,(H2,14,16)(H,17,18). The second-order valence-electron chi connectivity index (χ2n) is 3.50. The number of nitrogens with one attached hydrogen (secondary N) is 1. The van der Waals surface area contributed by atoms with E-state index in [9.17, 15) is 9.59 Å². The van der Waals surface area contributed by atoms with E-state index in [-0.39, 0.29) is 17.7 Å². The molecule has 18 heavy (non-hydrogen) atoms. The minimum absolute atomic E-state index is 0.0277. The van der Waals surface area contributed by atoms with Crippen molar-refractivity contribution in [2.24, 2.45) is 5.73 Å². The molecule has 0 bridgehead atoms. The Kier molecular flexibility index (Phi) is 4.58. The van der Waals surface area contributed by atoms with Gasteiger partial charge in [-0.05, 0) is 18.2 Å². The lowest BCUT2D eigenvalue weighted by atomic mass is 10.1. The molecule has 0 heterocycles. The molecule has 0 saturated carbocycles. The van der Waals surface area contributed by atoms with E-state index in [0.29, 0.717) is 5.02 Å². The van der Waals surface area contributed by atoms with E-state index in [2.05, 4.69) is 11.2 Å². The van der Waals surface area contributed by atoms with Crippen LogP contribution in [0.1, 0.15) is 16.8 Å². The largest absolute Gasteiger partial charge is 0.480 e. The summed E-state index contributed by atoms with van der Waals surface area (Å²) in [6.45, 7) is 0. The number of terminal acetylenes is 1. The summed E-state index contributed by atoms with van der Waals surface area (Å²) in [5.74, 6) is 0.437. The highest BCUT2D eigenvalue weighted by Gasteiger charge is 2.18. The summed E-state index contributed by atoms with van der Waals surface area (Å²) in [6.07, 6.45) is 5.05. The van der Waals surface area contributed by atoms with E-state index < -0.39 is 17.9 Å². The highest BCUT2D eigenvalue weighted by Crippen LogP contribution is 2.22. The second-order valence-corrected chi connectivity index (χ2v) is 3.93. The summed E-state index contributed by atoms with van der Waals surface area (Å²) in [7, 11) is 0. The van der Waals surface area contributed by atoms with Crippen LogP contribution in [0.5, 0.6) is 0 Å². The highest BCUT2D eigenvalue weighted by molar-refractivity contribution is 6.31. The van der Waals surface area contributed by atoms with E-state index >= 15 is 0 Å². The van der Waals surface area contributed by atoms with Gasteiger partial charge in [-0.1, -0.05) is 11.6 Å². The number of primary amides is 1. The Morgan fingerprint density at radius 2 is 2.22 bits per heavy atom. The molecule has 1 aromatic rings. The zero-order valence-corrected chi connectivity index (χ0v) is 10.1. The van der Waals surface area contributed by atoms with Gasteiger partial charge in [0.15, 0.2) is 0 Å². The number of carboxylic acid groups (broad SMARTS) is 1. The molecule has 1 unspecified atom stereocenters. The number of halogens is 1. The number of aliphatic carboxylic acids is 1. The Morgan fingerprint density at radius 1 is 1.56 bits per heavy atom. The maximum Gasteiger partial charge on any atom is 0.327 e. The zero-order chi connectivity index (χ0) is 13.7. The van der Waals surface area contributed by atoms with Gasteiger partial charge in [0.25, 0.3) is 5.91 Å². The third-order valence-electron chi connectivity index (χ3n) is 2.20. The predicted octanol–water partition coefficient (Wildman–Crippen LogP) is 1.33. The first-order valence-electron chi connectivity index (χ1n) is 4.98. The molecule has 5 nitrogen and oxygen atoms in total. The van der Waals surface area contributed by atoms with Crippen LogP contribution < -0.4 is 11.1 Å². The second kappa shape index (κ2) is 5.94. The van der Waals surface area contributed by atoms with Gasteiger partial charge in [-0.3, -0.25) is 4.79 Å². The molecule has 6 heteroatoms. The summed E-state index contributed by atoms with van der Waals surface area (Å²) in [5.41, 5.74) is 5.58. The van der Waals surface area contributed by atoms with Crippen LogP contribution in [0.2, 0.25) is 5.02 Å². The zero-order valence-electron chi connectivity index (χ0n) is 9.31. The summed E-state index contributed by atoms with van der Waals surface area (Å²) in [5, 5.41) is 12.0. The predicted molar refractivity (Wildman–Crippen MR) is 68.5 cm³/mol. The van der Waals surface area contributed by atoms with Crippen LogP contribution in [-0.4, -0.2) is 23.0 Å². The molecular formula is C12H11ClN2O3. The van der Waals surface area contributed by atoms with Crippen molar-refractivity contribution < 1.29 is 14.7 Å². The van der Waals surface area contributed by atoms with Crippen LogP contribution in [0, 0.1) is 12.3 Å². The number of hydrogen-bond donors (Lipinski definition) is 3. The molecule has 0 aliphatic rings. The molecule has 0 fully saturated rings. The molecule has 0 aliphatic carbocycles. The molecule has 0 aromatic heterocycles. The van der Waals surface area contributed by atoms with Gasteiger partial charge in [-0.25, -0.2) is 4.79 Å². The van der Waals surface area contributed by atoms with Gasteiger partial charge in [-0.15, -0.1) is 12.3 Å². The molecule has 0 aliphatic heterocycles. The van der Waals surface area contributed by atoms with Crippen molar-refractivity contribution in [3.8, 4) is 12.3 Å². The Balaban J connectivity index is 3.08. The lowest BCUT2D eigenvalue weighted by Crippen LogP contribution is -2.30. The quantitative estimate of drug-likeness (QED) is 0.701. The molecule has 0 spiro atoms. The maximum absolute atomic E-state index is 11.2. The topological polar surface area (TPSA) is 92.4 Å². The fourth-order valence-corrected chi connectivity index (χ4v) is 1.53. The third-order valence-corrected chi connectivity index (χ3v) is 2.43. The number of amides is 1. The van der Waals surface area contributed by atoms with Crippen LogP contribution >= 0.6 is 11.6 Å². The van der Waals surface area contributed by atoms with Crippen molar-refractivity contribution in [1.82, 2.24) is 0 Å².